The Bertz CT molecular complexity index is 392. The highest BCUT2D eigenvalue weighted by Crippen LogP contribution is 2.27. The van der Waals surface area contributed by atoms with Gasteiger partial charge in [-0.15, -0.1) is 0 Å². The molecule has 0 heterocycles. The summed E-state index contributed by atoms with van der Waals surface area (Å²) in [7, 11) is 0. The molecule has 0 bridgehead atoms. The van der Waals surface area contributed by atoms with E-state index in [1.807, 2.05) is 19.9 Å². The maximum absolute atomic E-state index is 10.6. The van der Waals surface area contributed by atoms with Crippen LogP contribution >= 0.6 is 0 Å². The third-order valence-corrected chi connectivity index (χ3v) is 1.96. The summed E-state index contributed by atoms with van der Waals surface area (Å²) in [5.41, 5.74) is 0.708. The molecular formula is C12H14O3. The first kappa shape index (κ1) is 11.3. The summed E-state index contributed by atoms with van der Waals surface area (Å²) in [6.07, 6.45) is 4.19. The first-order chi connectivity index (χ1) is 7.04. The van der Waals surface area contributed by atoms with Crippen LogP contribution in [-0.4, -0.2) is 16.5 Å². The van der Waals surface area contributed by atoms with E-state index >= 15 is 0 Å². The van der Waals surface area contributed by atoms with E-state index in [4.69, 9.17) is 0 Å². The van der Waals surface area contributed by atoms with E-state index in [-0.39, 0.29) is 17.1 Å². The highest BCUT2D eigenvalue weighted by atomic mass is 16.3. The summed E-state index contributed by atoms with van der Waals surface area (Å²) >= 11 is 0. The number of aldehydes is 1. The summed E-state index contributed by atoms with van der Waals surface area (Å²) < 4.78 is 0. The Morgan fingerprint density at radius 2 is 1.73 bits per heavy atom. The van der Waals surface area contributed by atoms with Crippen LogP contribution < -0.4 is 0 Å². The molecule has 0 atom stereocenters. The lowest BCUT2D eigenvalue weighted by Crippen LogP contribution is -1.85. The lowest BCUT2D eigenvalue weighted by atomic mass is 10.1. The maximum atomic E-state index is 10.6. The molecule has 1 aromatic rings. The first-order valence-corrected chi connectivity index (χ1v) is 4.74. The van der Waals surface area contributed by atoms with Crippen molar-refractivity contribution in [2.45, 2.75) is 13.8 Å². The van der Waals surface area contributed by atoms with Crippen LogP contribution in [0.15, 0.2) is 18.2 Å². The molecule has 2 N–H and O–H groups in total. The third-order valence-electron chi connectivity index (χ3n) is 1.96. The number of carbonyl (C=O) groups is 1. The summed E-state index contributed by atoms with van der Waals surface area (Å²) in [4.78, 5) is 10.6. The van der Waals surface area contributed by atoms with Crippen molar-refractivity contribution >= 4 is 12.4 Å². The Morgan fingerprint density at radius 1 is 1.13 bits per heavy atom. The van der Waals surface area contributed by atoms with E-state index in [1.165, 1.54) is 12.1 Å². The first-order valence-electron chi connectivity index (χ1n) is 4.74. The minimum absolute atomic E-state index is 0.0324. The zero-order valence-electron chi connectivity index (χ0n) is 8.77. The molecule has 0 unspecified atom stereocenters. The van der Waals surface area contributed by atoms with Gasteiger partial charge in [0.2, 0.25) is 0 Å². The Labute approximate surface area is 88.7 Å². The van der Waals surface area contributed by atoms with Gasteiger partial charge in [0, 0.05) is 11.6 Å². The van der Waals surface area contributed by atoms with Gasteiger partial charge in [-0.2, -0.15) is 0 Å². The predicted molar refractivity (Wildman–Crippen MR) is 59.0 cm³/mol. The van der Waals surface area contributed by atoms with Crippen LogP contribution in [0.2, 0.25) is 0 Å². The lowest BCUT2D eigenvalue weighted by molar-refractivity contribution is 0.112. The Balaban J connectivity index is 3.13. The van der Waals surface area contributed by atoms with E-state index in [1.54, 1.807) is 6.08 Å². The minimum Gasteiger partial charge on any atom is -0.507 e. The van der Waals surface area contributed by atoms with Crippen LogP contribution in [0.3, 0.4) is 0 Å². The summed E-state index contributed by atoms with van der Waals surface area (Å²) in [6, 6.07) is 2.63. The molecule has 3 heteroatoms. The normalized spacial score (nSPS) is 11.1. The molecule has 0 aliphatic carbocycles. The van der Waals surface area contributed by atoms with Gasteiger partial charge in [-0.05, 0) is 12.0 Å². The summed E-state index contributed by atoms with van der Waals surface area (Å²) in [5, 5.41) is 18.8. The van der Waals surface area contributed by atoms with Crippen LogP contribution in [0.4, 0.5) is 0 Å². The average molecular weight is 206 g/mol. The zero-order valence-corrected chi connectivity index (χ0v) is 8.77. The van der Waals surface area contributed by atoms with Crippen molar-refractivity contribution in [3.63, 3.8) is 0 Å². The van der Waals surface area contributed by atoms with Crippen molar-refractivity contribution in [2.24, 2.45) is 5.92 Å². The minimum atomic E-state index is -0.204. The molecule has 0 saturated heterocycles. The lowest BCUT2D eigenvalue weighted by Gasteiger charge is -2.03. The van der Waals surface area contributed by atoms with Crippen molar-refractivity contribution in [3.8, 4) is 11.5 Å². The second kappa shape index (κ2) is 4.64. The summed E-state index contributed by atoms with van der Waals surface area (Å²) in [6.45, 7) is 4.02. The van der Waals surface area contributed by atoms with Crippen molar-refractivity contribution in [1.82, 2.24) is 0 Å². The number of hydrogen-bond acceptors (Lipinski definition) is 3. The van der Waals surface area contributed by atoms with Gasteiger partial charge in [-0.1, -0.05) is 26.0 Å². The quantitative estimate of drug-likeness (QED) is 0.747. The van der Waals surface area contributed by atoms with Gasteiger partial charge in [-0.3, -0.25) is 4.79 Å². The number of aromatic hydroxyl groups is 2. The molecule has 0 aliphatic rings. The summed E-state index contributed by atoms with van der Waals surface area (Å²) in [5.74, 6) is 0.122. The Morgan fingerprint density at radius 3 is 2.27 bits per heavy atom. The number of hydrogen-bond donors (Lipinski definition) is 2. The fourth-order valence-electron chi connectivity index (χ4n) is 1.14. The number of carbonyl (C=O) groups excluding carboxylic acids is 1. The second-order valence-electron chi connectivity index (χ2n) is 3.69. The monoisotopic (exact) mass is 206 g/mol. The number of phenols is 2. The Kier molecular flexibility index (Phi) is 3.50. The fourth-order valence-corrected chi connectivity index (χ4v) is 1.14. The molecule has 0 saturated carbocycles. The number of benzene rings is 1. The van der Waals surface area contributed by atoms with Gasteiger partial charge >= 0.3 is 0 Å². The molecule has 0 aromatic heterocycles. The van der Waals surface area contributed by atoms with Gasteiger partial charge in [0.25, 0.3) is 0 Å². The van der Waals surface area contributed by atoms with Crippen LogP contribution in [0.25, 0.3) is 6.08 Å². The predicted octanol–water partition coefficient (Wildman–Crippen LogP) is 2.58. The average Bonchev–Trinajstić information content (AvgIpc) is 2.16. The number of allylic oxidation sites excluding steroid dienone is 1. The molecular weight excluding hydrogens is 192 g/mol. The SMILES string of the molecule is CC(C)C=Cc1cc(C=O)c(O)cc1O. The number of rotatable bonds is 3. The van der Waals surface area contributed by atoms with Gasteiger partial charge in [0.15, 0.2) is 6.29 Å². The van der Waals surface area contributed by atoms with Crippen molar-refractivity contribution < 1.29 is 15.0 Å². The second-order valence-corrected chi connectivity index (χ2v) is 3.69. The highest BCUT2D eigenvalue weighted by Gasteiger charge is 2.05. The number of phenolic OH excluding ortho intramolecular Hbond substituents is 2. The van der Waals surface area contributed by atoms with E-state index in [0.29, 0.717) is 17.8 Å². The molecule has 80 valence electrons. The maximum Gasteiger partial charge on any atom is 0.153 e. The molecule has 0 spiro atoms. The van der Waals surface area contributed by atoms with Crippen LogP contribution in [0.5, 0.6) is 11.5 Å². The molecule has 0 amide bonds. The fraction of sp³-hybridized carbons (Fsp3) is 0.250. The zero-order chi connectivity index (χ0) is 11.4. The molecule has 0 aliphatic heterocycles. The van der Waals surface area contributed by atoms with Gasteiger partial charge in [0.05, 0.1) is 5.56 Å². The molecule has 3 nitrogen and oxygen atoms in total. The van der Waals surface area contributed by atoms with E-state index < -0.39 is 0 Å². The van der Waals surface area contributed by atoms with Crippen molar-refractivity contribution in [2.75, 3.05) is 0 Å². The van der Waals surface area contributed by atoms with Gasteiger partial charge < -0.3 is 10.2 Å². The van der Waals surface area contributed by atoms with Crippen molar-refractivity contribution in [3.05, 3.63) is 29.3 Å². The van der Waals surface area contributed by atoms with Crippen molar-refractivity contribution in [1.29, 1.82) is 0 Å². The Hall–Kier alpha value is -1.77. The van der Waals surface area contributed by atoms with Crippen LogP contribution in [0.1, 0.15) is 29.8 Å². The van der Waals surface area contributed by atoms with Crippen LogP contribution in [-0.2, 0) is 0 Å². The van der Waals surface area contributed by atoms with E-state index in [9.17, 15) is 15.0 Å². The topological polar surface area (TPSA) is 57.5 Å². The molecule has 0 fully saturated rings. The molecule has 1 rings (SSSR count). The smallest absolute Gasteiger partial charge is 0.153 e. The van der Waals surface area contributed by atoms with E-state index in [2.05, 4.69) is 0 Å². The van der Waals surface area contributed by atoms with Gasteiger partial charge in [-0.25, -0.2) is 0 Å². The highest BCUT2D eigenvalue weighted by molar-refractivity contribution is 5.82. The largest absolute Gasteiger partial charge is 0.507 e. The standard InChI is InChI=1S/C12H14O3/c1-8(2)3-4-9-5-10(7-13)12(15)6-11(9)14/h3-8,14-15H,1-2H3. The molecule has 1 aromatic carbocycles. The van der Waals surface area contributed by atoms with Crippen LogP contribution in [0, 0.1) is 5.92 Å². The molecule has 15 heavy (non-hydrogen) atoms. The van der Waals surface area contributed by atoms with E-state index in [0.717, 1.165) is 0 Å². The third kappa shape index (κ3) is 2.84. The molecule has 0 radical (unpaired) electrons. The van der Waals surface area contributed by atoms with Gasteiger partial charge in [0.1, 0.15) is 11.5 Å².